The molecule has 2 amide bonds. The quantitative estimate of drug-likeness (QED) is 0.856. The summed E-state index contributed by atoms with van der Waals surface area (Å²) in [6, 6.07) is 4.37. The molecule has 0 aromatic carbocycles. The molecule has 1 aliphatic heterocycles. The molecule has 24 heavy (non-hydrogen) atoms. The molecule has 0 bridgehead atoms. The summed E-state index contributed by atoms with van der Waals surface area (Å²) in [6.45, 7) is 2.10. The van der Waals surface area contributed by atoms with E-state index < -0.39 is 0 Å². The van der Waals surface area contributed by atoms with Crippen LogP contribution in [0.25, 0.3) is 0 Å². The molecular weight excluding hydrogens is 322 g/mol. The summed E-state index contributed by atoms with van der Waals surface area (Å²) < 4.78 is 0. The molecule has 3 rings (SSSR count). The van der Waals surface area contributed by atoms with Crippen LogP contribution in [0.15, 0.2) is 17.5 Å². The molecule has 2 aliphatic rings. The molecule has 2 heterocycles. The molecule has 2 fully saturated rings. The zero-order chi connectivity index (χ0) is 17.1. The summed E-state index contributed by atoms with van der Waals surface area (Å²) in [5, 5.41) is 5.19. The van der Waals surface area contributed by atoms with Gasteiger partial charge in [-0.05, 0) is 51.2 Å². The Morgan fingerprint density at radius 3 is 2.50 bits per heavy atom. The highest BCUT2D eigenvalue weighted by Crippen LogP contribution is 2.32. The Bertz CT molecular complexity index is 561. The lowest BCUT2D eigenvalue weighted by molar-refractivity contribution is -0.136. The highest BCUT2D eigenvalue weighted by Gasteiger charge is 2.36. The highest BCUT2D eigenvalue weighted by atomic mass is 32.1. The number of carbonyl (C=O) groups is 2. The van der Waals surface area contributed by atoms with E-state index in [-0.39, 0.29) is 23.8 Å². The number of hydrogen-bond acceptors (Lipinski definition) is 4. The molecule has 1 aromatic rings. The molecule has 0 spiro atoms. The van der Waals surface area contributed by atoms with Gasteiger partial charge in [0.05, 0.1) is 6.04 Å². The summed E-state index contributed by atoms with van der Waals surface area (Å²) in [4.78, 5) is 29.9. The first-order valence-electron chi connectivity index (χ1n) is 8.82. The van der Waals surface area contributed by atoms with Crippen molar-refractivity contribution in [2.24, 2.45) is 11.8 Å². The van der Waals surface area contributed by atoms with Crippen LogP contribution in [0.4, 0.5) is 0 Å². The van der Waals surface area contributed by atoms with E-state index in [0.717, 1.165) is 38.8 Å². The van der Waals surface area contributed by atoms with E-state index in [2.05, 4.69) is 21.7 Å². The predicted molar refractivity (Wildman–Crippen MR) is 95.8 cm³/mol. The number of thiophene rings is 1. The molecule has 1 atom stereocenters. The lowest BCUT2D eigenvalue weighted by Crippen LogP contribution is -2.44. The first-order chi connectivity index (χ1) is 11.6. The van der Waals surface area contributed by atoms with Gasteiger partial charge in [0, 0.05) is 36.3 Å². The van der Waals surface area contributed by atoms with Crippen LogP contribution in [0.2, 0.25) is 0 Å². The van der Waals surface area contributed by atoms with E-state index in [0.29, 0.717) is 12.5 Å². The van der Waals surface area contributed by atoms with Crippen molar-refractivity contribution in [2.75, 3.05) is 33.7 Å². The Labute approximate surface area is 148 Å². The van der Waals surface area contributed by atoms with Gasteiger partial charge >= 0.3 is 0 Å². The number of likely N-dealkylation sites (N-methyl/N-ethyl adjacent to an activating group) is 1. The van der Waals surface area contributed by atoms with Crippen molar-refractivity contribution in [2.45, 2.75) is 31.7 Å². The average Bonchev–Trinajstić information content (AvgIpc) is 3.30. The molecule has 6 heteroatoms. The van der Waals surface area contributed by atoms with E-state index in [4.69, 9.17) is 0 Å². The second-order valence-electron chi connectivity index (χ2n) is 7.11. The minimum atomic E-state index is 0.0411. The highest BCUT2D eigenvalue weighted by molar-refractivity contribution is 7.10. The van der Waals surface area contributed by atoms with Gasteiger partial charge in [-0.3, -0.25) is 9.59 Å². The summed E-state index contributed by atoms with van der Waals surface area (Å²) in [5.74, 6) is 0.762. The van der Waals surface area contributed by atoms with Gasteiger partial charge < -0.3 is 15.1 Å². The van der Waals surface area contributed by atoms with E-state index in [1.165, 1.54) is 4.88 Å². The third kappa shape index (κ3) is 4.16. The predicted octanol–water partition coefficient (Wildman–Crippen LogP) is 2.12. The van der Waals surface area contributed by atoms with E-state index in [1.54, 1.807) is 11.3 Å². The molecule has 0 radical (unpaired) electrons. The summed E-state index contributed by atoms with van der Waals surface area (Å²) in [5.41, 5.74) is 0. The van der Waals surface area contributed by atoms with Crippen LogP contribution >= 0.6 is 11.3 Å². The van der Waals surface area contributed by atoms with Gasteiger partial charge in [0.25, 0.3) is 0 Å². The maximum atomic E-state index is 12.5. The second kappa shape index (κ2) is 7.66. The normalized spacial score (nSPS) is 20.2. The van der Waals surface area contributed by atoms with E-state index >= 15 is 0 Å². The Morgan fingerprint density at radius 1 is 1.25 bits per heavy atom. The monoisotopic (exact) mass is 349 g/mol. The number of likely N-dealkylation sites (tertiary alicyclic amines) is 1. The molecule has 1 aromatic heterocycles. The van der Waals surface area contributed by atoms with E-state index in [1.807, 2.05) is 25.1 Å². The minimum absolute atomic E-state index is 0.0411. The fraction of sp³-hybridized carbons (Fsp3) is 0.667. The summed E-state index contributed by atoms with van der Waals surface area (Å²) in [7, 11) is 4.08. The molecule has 5 nitrogen and oxygen atoms in total. The number of piperidine rings is 1. The van der Waals surface area contributed by atoms with Crippen molar-refractivity contribution in [1.82, 2.24) is 15.1 Å². The summed E-state index contributed by atoms with van der Waals surface area (Å²) in [6.07, 6.45) is 3.67. The Balaban J connectivity index is 1.46. The van der Waals surface area contributed by atoms with Crippen molar-refractivity contribution < 1.29 is 9.59 Å². The Hall–Kier alpha value is -1.40. The SMILES string of the molecule is CN(C)[C@H](CNC(=O)C1CCN(C(=O)C2CC2)CC1)c1cccs1. The standard InChI is InChI=1S/C18H27N3O2S/c1-20(2)15(16-4-3-11-24-16)12-19-17(22)13-7-9-21(10-8-13)18(23)14-5-6-14/h3-4,11,13-15H,5-10,12H2,1-2H3,(H,19,22)/t15-/m1/s1. The van der Waals surface area contributed by atoms with E-state index in [9.17, 15) is 9.59 Å². The van der Waals surface area contributed by atoms with Gasteiger partial charge in [-0.15, -0.1) is 11.3 Å². The molecule has 0 unspecified atom stereocenters. The second-order valence-corrected chi connectivity index (χ2v) is 8.09. The number of nitrogens with zero attached hydrogens (tertiary/aromatic N) is 2. The van der Waals surface area contributed by atoms with Crippen molar-refractivity contribution in [3.63, 3.8) is 0 Å². The number of carbonyl (C=O) groups excluding carboxylic acids is 2. The maximum absolute atomic E-state index is 12.5. The van der Waals surface area contributed by atoms with Gasteiger partial charge in [0.15, 0.2) is 0 Å². The number of amides is 2. The largest absolute Gasteiger partial charge is 0.354 e. The topological polar surface area (TPSA) is 52.7 Å². The first kappa shape index (κ1) is 17.4. The Kier molecular flexibility index (Phi) is 5.56. The van der Waals surface area contributed by atoms with Crippen LogP contribution in [-0.2, 0) is 9.59 Å². The zero-order valence-electron chi connectivity index (χ0n) is 14.5. The number of nitrogens with one attached hydrogen (secondary N) is 1. The molecule has 1 saturated carbocycles. The van der Waals surface area contributed by atoms with Crippen LogP contribution < -0.4 is 5.32 Å². The molecule has 1 saturated heterocycles. The molecule has 1 aliphatic carbocycles. The van der Waals surface area contributed by atoms with Crippen LogP contribution in [-0.4, -0.2) is 55.3 Å². The number of hydrogen-bond donors (Lipinski definition) is 1. The van der Waals surface area contributed by atoms with Crippen molar-refractivity contribution in [3.8, 4) is 0 Å². The van der Waals surface area contributed by atoms with Gasteiger partial charge in [0.1, 0.15) is 0 Å². The van der Waals surface area contributed by atoms with Crippen LogP contribution in [0.5, 0.6) is 0 Å². The van der Waals surface area contributed by atoms with Gasteiger partial charge in [-0.25, -0.2) is 0 Å². The van der Waals surface area contributed by atoms with Crippen molar-refractivity contribution in [3.05, 3.63) is 22.4 Å². The molecule has 132 valence electrons. The fourth-order valence-corrected chi connectivity index (χ4v) is 4.23. The van der Waals surface area contributed by atoms with Gasteiger partial charge in [-0.1, -0.05) is 6.07 Å². The van der Waals surface area contributed by atoms with Gasteiger partial charge in [-0.2, -0.15) is 0 Å². The van der Waals surface area contributed by atoms with Crippen LogP contribution in [0.3, 0.4) is 0 Å². The zero-order valence-corrected chi connectivity index (χ0v) is 15.3. The van der Waals surface area contributed by atoms with Crippen molar-refractivity contribution in [1.29, 1.82) is 0 Å². The molecular formula is C18H27N3O2S. The third-order valence-electron chi connectivity index (χ3n) is 5.07. The number of rotatable bonds is 6. The Morgan fingerprint density at radius 2 is 1.96 bits per heavy atom. The lowest BCUT2D eigenvalue weighted by Gasteiger charge is -2.32. The minimum Gasteiger partial charge on any atom is -0.354 e. The first-order valence-corrected chi connectivity index (χ1v) is 9.70. The lowest BCUT2D eigenvalue weighted by atomic mass is 9.95. The van der Waals surface area contributed by atoms with Crippen LogP contribution in [0.1, 0.15) is 36.6 Å². The molecule has 1 N–H and O–H groups in total. The maximum Gasteiger partial charge on any atom is 0.225 e. The smallest absolute Gasteiger partial charge is 0.225 e. The average molecular weight is 350 g/mol. The van der Waals surface area contributed by atoms with Crippen LogP contribution in [0, 0.1) is 11.8 Å². The third-order valence-corrected chi connectivity index (χ3v) is 6.04. The van der Waals surface area contributed by atoms with Gasteiger partial charge in [0.2, 0.25) is 11.8 Å². The van der Waals surface area contributed by atoms with Crippen molar-refractivity contribution >= 4 is 23.2 Å². The summed E-state index contributed by atoms with van der Waals surface area (Å²) >= 11 is 1.72. The fourth-order valence-electron chi connectivity index (χ4n) is 3.31.